The third-order valence-electron chi connectivity index (χ3n) is 4.88. The molecule has 2 heterocycles. The van der Waals surface area contributed by atoms with Crippen molar-refractivity contribution in [2.24, 2.45) is 7.05 Å². The molecule has 0 radical (unpaired) electrons. The molecule has 1 saturated carbocycles. The standard InChI is InChI=1S/C19H19Cl2N5OS2/c1-26-17(11-4-2-3-5-11)24-25-19(26)29-10-16(27)23-18-22-15(9-28-18)13-7-6-12(20)8-14(13)21/h6-9,11H,2-5,10H2,1H3,(H,22,23,27). The molecule has 0 saturated heterocycles. The van der Waals surface area contributed by atoms with Gasteiger partial charge in [0.25, 0.3) is 0 Å². The Bertz CT molecular complexity index is 1030. The van der Waals surface area contributed by atoms with E-state index in [9.17, 15) is 4.79 Å². The Balaban J connectivity index is 1.35. The lowest BCUT2D eigenvalue weighted by molar-refractivity contribution is -0.113. The molecule has 0 unspecified atom stereocenters. The summed E-state index contributed by atoms with van der Waals surface area (Å²) in [6.45, 7) is 0. The summed E-state index contributed by atoms with van der Waals surface area (Å²) in [5.41, 5.74) is 1.48. The number of aromatic nitrogens is 4. The van der Waals surface area contributed by atoms with Crippen molar-refractivity contribution in [3.8, 4) is 11.3 Å². The van der Waals surface area contributed by atoms with Gasteiger partial charge in [0.05, 0.1) is 16.5 Å². The van der Waals surface area contributed by atoms with E-state index in [2.05, 4.69) is 20.5 Å². The lowest BCUT2D eigenvalue weighted by atomic mass is 10.1. The molecule has 152 valence electrons. The van der Waals surface area contributed by atoms with E-state index >= 15 is 0 Å². The lowest BCUT2D eigenvalue weighted by Crippen LogP contribution is -2.14. The van der Waals surface area contributed by atoms with Crippen LogP contribution in [0.3, 0.4) is 0 Å². The highest BCUT2D eigenvalue weighted by Gasteiger charge is 2.23. The molecule has 1 aliphatic carbocycles. The summed E-state index contributed by atoms with van der Waals surface area (Å²) in [5, 5.41) is 15.7. The summed E-state index contributed by atoms with van der Waals surface area (Å²) in [7, 11) is 1.97. The van der Waals surface area contributed by atoms with Crippen molar-refractivity contribution in [3.05, 3.63) is 39.4 Å². The number of carbonyl (C=O) groups excluding carboxylic acids is 1. The van der Waals surface area contributed by atoms with Gasteiger partial charge in [0.1, 0.15) is 5.82 Å². The van der Waals surface area contributed by atoms with Gasteiger partial charge in [0.2, 0.25) is 5.91 Å². The second-order valence-corrected chi connectivity index (χ2v) is 9.52. The fraction of sp³-hybridized carbons (Fsp3) is 0.368. The van der Waals surface area contributed by atoms with E-state index < -0.39 is 0 Å². The van der Waals surface area contributed by atoms with Crippen LogP contribution in [0.2, 0.25) is 10.0 Å². The molecule has 6 nitrogen and oxygen atoms in total. The Morgan fingerprint density at radius 3 is 2.86 bits per heavy atom. The largest absolute Gasteiger partial charge is 0.309 e. The summed E-state index contributed by atoms with van der Waals surface area (Å²) in [6, 6.07) is 5.25. The number of hydrogen-bond acceptors (Lipinski definition) is 6. The third kappa shape index (κ3) is 4.77. The van der Waals surface area contributed by atoms with Gasteiger partial charge in [-0.15, -0.1) is 21.5 Å². The molecule has 2 aromatic heterocycles. The van der Waals surface area contributed by atoms with Crippen molar-refractivity contribution >= 4 is 57.3 Å². The van der Waals surface area contributed by atoms with E-state index in [4.69, 9.17) is 23.2 Å². The molecule has 1 fully saturated rings. The molecule has 0 spiro atoms. The van der Waals surface area contributed by atoms with E-state index in [0.717, 1.165) is 16.5 Å². The topological polar surface area (TPSA) is 72.7 Å². The van der Waals surface area contributed by atoms with E-state index in [1.807, 2.05) is 23.1 Å². The summed E-state index contributed by atoms with van der Waals surface area (Å²) < 4.78 is 2.01. The quantitative estimate of drug-likeness (QED) is 0.475. The van der Waals surface area contributed by atoms with Crippen LogP contribution in [-0.4, -0.2) is 31.4 Å². The fourth-order valence-electron chi connectivity index (χ4n) is 3.43. The Morgan fingerprint density at radius 1 is 1.31 bits per heavy atom. The smallest absolute Gasteiger partial charge is 0.236 e. The SMILES string of the molecule is Cn1c(SCC(=O)Nc2nc(-c3ccc(Cl)cc3Cl)cs2)nnc1C1CCCC1. The number of benzene rings is 1. The van der Waals surface area contributed by atoms with Crippen LogP contribution >= 0.6 is 46.3 Å². The van der Waals surface area contributed by atoms with Crippen LogP contribution in [0.25, 0.3) is 11.3 Å². The maximum atomic E-state index is 12.4. The van der Waals surface area contributed by atoms with Crippen molar-refractivity contribution < 1.29 is 4.79 Å². The monoisotopic (exact) mass is 467 g/mol. The van der Waals surface area contributed by atoms with Crippen LogP contribution in [0, 0.1) is 0 Å². The fourth-order valence-corrected chi connectivity index (χ4v) is 5.38. The van der Waals surface area contributed by atoms with Crippen LogP contribution in [0.15, 0.2) is 28.7 Å². The maximum absolute atomic E-state index is 12.4. The van der Waals surface area contributed by atoms with E-state index in [-0.39, 0.29) is 11.7 Å². The van der Waals surface area contributed by atoms with Gasteiger partial charge in [-0.3, -0.25) is 4.79 Å². The molecule has 10 heteroatoms. The molecule has 1 amide bonds. The van der Waals surface area contributed by atoms with Gasteiger partial charge in [-0.25, -0.2) is 4.98 Å². The number of anilines is 1. The number of thiazole rings is 1. The number of carbonyl (C=O) groups is 1. The Labute approximate surface area is 187 Å². The predicted molar refractivity (Wildman–Crippen MR) is 119 cm³/mol. The molecular formula is C19H19Cl2N5OS2. The molecule has 0 atom stereocenters. The number of hydrogen-bond donors (Lipinski definition) is 1. The average molecular weight is 468 g/mol. The minimum atomic E-state index is -0.136. The number of halogens is 2. The predicted octanol–water partition coefficient (Wildman–Crippen LogP) is 5.63. The van der Waals surface area contributed by atoms with Crippen LogP contribution in [-0.2, 0) is 11.8 Å². The number of rotatable bonds is 6. The van der Waals surface area contributed by atoms with Gasteiger partial charge >= 0.3 is 0 Å². The minimum Gasteiger partial charge on any atom is -0.309 e. The highest BCUT2D eigenvalue weighted by atomic mass is 35.5. The maximum Gasteiger partial charge on any atom is 0.236 e. The van der Waals surface area contributed by atoms with Gasteiger partial charge in [-0.05, 0) is 31.0 Å². The van der Waals surface area contributed by atoms with E-state index in [0.29, 0.717) is 26.8 Å². The summed E-state index contributed by atoms with van der Waals surface area (Å²) in [4.78, 5) is 16.8. The second kappa shape index (κ2) is 9.04. The van der Waals surface area contributed by atoms with Crippen molar-refractivity contribution in [3.63, 3.8) is 0 Å². The minimum absolute atomic E-state index is 0.136. The van der Waals surface area contributed by atoms with Gasteiger partial charge < -0.3 is 9.88 Å². The molecular weight excluding hydrogens is 449 g/mol. The molecule has 1 aliphatic rings. The normalized spacial score (nSPS) is 14.4. The van der Waals surface area contributed by atoms with Crippen LogP contribution < -0.4 is 5.32 Å². The Hall–Kier alpha value is -1.61. The van der Waals surface area contributed by atoms with Gasteiger partial charge in [-0.1, -0.05) is 47.8 Å². The second-order valence-electron chi connectivity index (χ2n) is 6.88. The van der Waals surface area contributed by atoms with Crippen LogP contribution in [0.4, 0.5) is 5.13 Å². The van der Waals surface area contributed by atoms with Crippen molar-refractivity contribution in [1.82, 2.24) is 19.7 Å². The highest BCUT2D eigenvalue weighted by molar-refractivity contribution is 7.99. The first kappa shape index (κ1) is 20.7. The van der Waals surface area contributed by atoms with E-state index in [1.165, 1.54) is 48.8 Å². The molecule has 4 rings (SSSR count). The van der Waals surface area contributed by atoms with Gasteiger partial charge in [0.15, 0.2) is 10.3 Å². The van der Waals surface area contributed by atoms with E-state index in [1.54, 1.807) is 12.1 Å². The molecule has 1 aromatic carbocycles. The summed E-state index contributed by atoms with van der Waals surface area (Å²) in [6.07, 6.45) is 4.83. The number of nitrogens with one attached hydrogen (secondary N) is 1. The number of thioether (sulfide) groups is 1. The number of amides is 1. The first-order valence-electron chi connectivity index (χ1n) is 9.24. The summed E-state index contributed by atoms with van der Waals surface area (Å²) in [5.74, 6) is 1.62. The molecule has 29 heavy (non-hydrogen) atoms. The molecule has 1 N–H and O–H groups in total. The zero-order valence-electron chi connectivity index (χ0n) is 15.7. The average Bonchev–Trinajstić information content (AvgIpc) is 3.42. The Morgan fingerprint density at radius 2 is 2.10 bits per heavy atom. The van der Waals surface area contributed by atoms with Crippen molar-refractivity contribution in [1.29, 1.82) is 0 Å². The Kier molecular flexibility index (Phi) is 6.44. The zero-order valence-corrected chi connectivity index (χ0v) is 18.8. The molecule has 0 bridgehead atoms. The van der Waals surface area contributed by atoms with Gasteiger partial charge in [0, 0.05) is 28.9 Å². The van der Waals surface area contributed by atoms with Gasteiger partial charge in [-0.2, -0.15) is 0 Å². The zero-order chi connectivity index (χ0) is 20.4. The number of nitrogens with zero attached hydrogens (tertiary/aromatic N) is 4. The third-order valence-corrected chi connectivity index (χ3v) is 7.20. The lowest BCUT2D eigenvalue weighted by Gasteiger charge is -2.08. The molecule has 0 aliphatic heterocycles. The van der Waals surface area contributed by atoms with Crippen molar-refractivity contribution in [2.75, 3.05) is 11.1 Å². The van der Waals surface area contributed by atoms with Crippen molar-refractivity contribution in [2.45, 2.75) is 36.8 Å². The first-order chi connectivity index (χ1) is 14.0. The molecule has 3 aromatic rings. The summed E-state index contributed by atoms with van der Waals surface area (Å²) >= 11 is 14.9. The van der Waals surface area contributed by atoms with Crippen LogP contribution in [0.1, 0.15) is 37.4 Å². The first-order valence-corrected chi connectivity index (χ1v) is 11.9. The van der Waals surface area contributed by atoms with Crippen LogP contribution in [0.5, 0.6) is 0 Å². The highest BCUT2D eigenvalue weighted by Crippen LogP contribution is 2.34.